The molecule has 0 bridgehead atoms. The zero-order chi connectivity index (χ0) is 8.48. The molecule has 11 heavy (non-hydrogen) atoms. The molecule has 0 amide bonds. The maximum absolute atomic E-state index is 5.78. The van der Waals surface area contributed by atoms with Gasteiger partial charge in [-0.2, -0.15) is 0 Å². The lowest BCUT2D eigenvalue weighted by Crippen LogP contribution is -2.51. The molecule has 1 rings (SSSR count). The molecule has 0 aromatic rings. The van der Waals surface area contributed by atoms with Crippen molar-refractivity contribution in [3.8, 4) is 0 Å². The molecule has 0 heterocycles. The van der Waals surface area contributed by atoms with E-state index in [1.807, 2.05) is 0 Å². The van der Waals surface area contributed by atoms with Gasteiger partial charge in [0.15, 0.2) is 0 Å². The quantitative estimate of drug-likeness (QED) is 0.662. The van der Waals surface area contributed by atoms with Crippen LogP contribution in [-0.4, -0.2) is 31.6 Å². The zero-order valence-electron chi connectivity index (χ0n) is 7.93. The molecule has 2 nitrogen and oxygen atoms in total. The van der Waals surface area contributed by atoms with Gasteiger partial charge in [0.25, 0.3) is 0 Å². The first-order valence-corrected chi connectivity index (χ1v) is 4.49. The van der Waals surface area contributed by atoms with E-state index in [-0.39, 0.29) is 0 Å². The molecule has 0 spiro atoms. The highest BCUT2D eigenvalue weighted by Gasteiger charge is 2.41. The Balaban J connectivity index is 2.54. The Kier molecular flexibility index (Phi) is 2.55. The van der Waals surface area contributed by atoms with E-state index in [2.05, 4.69) is 25.9 Å². The monoisotopic (exact) mass is 156 g/mol. The van der Waals surface area contributed by atoms with Crippen LogP contribution < -0.4 is 5.73 Å². The van der Waals surface area contributed by atoms with E-state index in [1.54, 1.807) is 0 Å². The average molecular weight is 156 g/mol. The first kappa shape index (κ1) is 9.01. The molecular weight excluding hydrogens is 136 g/mol. The van der Waals surface area contributed by atoms with E-state index in [9.17, 15) is 0 Å². The standard InChI is InChI=1S/C9H20N2/c1-8(11(2)3)9(7-10)5-4-6-9/h8H,4-7,10H2,1-3H3. The van der Waals surface area contributed by atoms with Crippen LogP contribution in [0.5, 0.6) is 0 Å². The first-order chi connectivity index (χ1) is 5.12. The van der Waals surface area contributed by atoms with Gasteiger partial charge in [0, 0.05) is 6.04 Å². The minimum absolute atomic E-state index is 0.448. The normalized spacial score (nSPS) is 24.8. The lowest BCUT2D eigenvalue weighted by Gasteiger charge is -2.48. The molecular formula is C9H20N2. The summed E-state index contributed by atoms with van der Waals surface area (Å²) in [6.07, 6.45) is 4.01. The summed E-state index contributed by atoms with van der Waals surface area (Å²) in [6.45, 7) is 3.14. The van der Waals surface area contributed by atoms with Crippen molar-refractivity contribution in [1.29, 1.82) is 0 Å². The third-order valence-corrected chi connectivity index (χ3v) is 3.42. The third kappa shape index (κ3) is 1.42. The minimum atomic E-state index is 0.448. The summed E-state index contributed by atoms with van der Waals surface area (Å²) in [5.74, 6) is 0. The molecule has 0 aliphatic heterocycles. The summed E-state index contributed by atoms with van der Waals surface area (Å²) in [4.78, 5) is 2.28. The molecule has 0 saturated heterocycles. The van der Waals surface area contributed by atoms with E-state index in [1.165, 1.54) is 19.3 Å². The molecule has 0 aromatic carbocycles. The van der Waals surface area contributed by atoms with Crippen LogP contribution in [0.3, 0.4) is 0 Å². The first-order valence-electron chi connectivity index (χ1n) is 4.49. The summed E-state index contributed by atoms with van der Waals surface area (Å²) in [5.41, 5.74) is 6.23. The summed E-state index contributed by atoms with van der Waals surface area (Å²) < 4.78 is 0. The van der Waals surface area contributed by atoms with Gasteiger partial charge >= 0.3 is 0 Å². The van der Waals surface area contributed by atoms with E-state index >= 15 is 0 Å². The van der Waals surface area contributed by atoms with Crippen LogP contribution in [0, 0.1) is 5.41 Å². The smallest absolute Gasteiger partial charge is 0.0129 e. The van der Waals surface area contributed by atoms with Gasteiger partial charge in [0.2, 0.25) is 0 Å². The topological polar surface area (TPSA) is 29.3 Å². The van der Waals surface area contributed by atoms with Crippen LogP contribution in [0.25, 0.3) is 0 Å². The van der Waals surface area contributed by atoms with Crippen molar-refractivity contribution in [3.63, 3.8) is 0 Å². The van der Waals surface area contributed by atoms with Crippen LogP contribution in [0.15, 0.2) is 0 Å². The highest BCUT2D eigenvalue weighted by molar-refractivity contribution is 4.95. The van der Waals surface area contributed by atoms with Crippen molar-refractivity contribution in [2.45, 2.75) is 32.2 Å². The Morgan fingerprint density at radius 1 is 1.45 bits per heavy atom. The van der Waals surface area contributed by atoms with Gasteiger partial charge in [-0.1, -0.05) is 6.42 Å². The molecule has 1 atom stereocenters. The molecule has 2 N–H and O–H groups in total. The average Bonchev–Trinajstić information content (AvgIpc) is 1.86. The lowest BCUT2D eigenvalue weighted by molar-refractivity contribution is 0.0400. The van der Waals surface area contributed by atoms with Gasteiger partial charge in [-0.05, 0) is 45.8 Å². The van der Waals surface area contributed by atoms with Gasteiger partial charge in [-0.3, -0.25) is 0 Å². The Morgan fingerprint density at radius 2 is 2.00 bits per heavy atom. The van der Waals surface area contributed by atoms with Crippen molar-refractivity contribution < 1.29 is 0 Å². The van der Waals surface area contributed by atoms with Gasteiger partial charge < -0.3 is 10.6 Å². The molecule has 2 heteroatoms. The van der Waals surface area contributed by atoms with Gasteiger partial charge in [-0.25, -0.2) is 0 Å². The number of hydrogen-bond donors (Lipinski definition) is 1. The Bertz CT molecular complexity index is 122. The SMILES string of the molecule is CC(N(C)C)C1(CN)CCC1. The van der Waals surface area contributed by atoms with E-state index in [0.29, 0.717) is 11.5 Å². The molecule has 1 saturated carbocycles. The second-order valence-electron chi connectivity index (χ2n) is 4.06. The van der Waals surface area contributed by atoms with Gasteiger partial charge in [0.05, 0.1) is 0 Å². The minimum Gasteiger partial charge on any atom is -0.330 e. The summed E-state index contributed by atoms with van der Waals surface area (Å²) in [7, 11) is 4.28. The van der Waals surface area contributed by atoms with Gasteiger partial charge in [-0.15, -0.1) is 0 Å². The van der Waals surface area contributed by atoms with E-state index in [4.69, 9.17) is 5.73 Å². The summed E-state index contributed by atoms with van der Waals surface area (Å²) in [6, 6.07) is 0.640. The second-order valence-corrected chi connectivity index (χ2v) is 4.06. The molecule has 66 valence electrons. The van der Waals surface area contributed by atoms with Crippen molar-refractivity contribution >= 4 is 0 Å². The Morgan fingerprint density at radius 3 is 2.09 bits per heavy atom. The zero-order valence-corrected chi connectivity index (χ0v) is 7.93. The van der Waals surface area contributed by atoms with E-state index in [0.717, 1.165) is 6.54 Å². The van der Waals surface area contributed by atoms with Crippen molar-refractivity contribution in [3.05, 3.63) is 0 Å². The van der Waals surface area contributed by atoms with Crippen LogP contribution in [0.2, 0.25) is 0 Å². The third-order valence-electron chi connectivity index (χ3n) is 3.42. The molecule has 1 fully saturated rings. The largest absolute Gasteiger partial charge is 0.330 e. The highest BCUT2D eigenvalue weighted by Crippen LogP contribution is 2.44. The van der Waals surface area contributed by atoms with Crippen LogP contribution >= 0.6 is 0 Å². The van der Waals surface area contributed by atoms with Crippen LogP contribution in [0.4, 0.5) is 0 Å². The van der Waals surface area contributed by atoms with Crippen molar-refractivity contribution in [1.82, 2.24) is 4.90 Å². The number of rotatable bonds is 3. The number of nitrogens with two attached hydrogens (primary N) is 1. The molecule has 0 aromatic heterocycles. The lowest BCUT2D eigenvalue weighted by atomic mass is 9.64. The molecule has 1 aliphatic rings. The molecule has 1 aliphatic carbocycles. The fourth-order valence-corrected chi connectivity index (χ4v) is 1.97. The Labute approximate surface area is 69.8 Å². The maximum Gasteiger partial charge on any atom is 0.0129 e. The molecule has 1 unspecified atom stereocenters. The van der Waals surface area contributed by atoms with Crippen molar-refractivity contribution in [2.75, 3.05) is 20.6 Å². The van der Waals surface area contributed by atoms with Crippen LogP contribution in [0.1, 0.15) is 26.2 Å². The Hall–Kier alpha value is -0.0800. The maximum atomic E-state index is 5.78. The highest BCUT2D eigenvalue weighted by atomic mass is 15.1. The predicted octanol–water partition coefficient (Wildman–Crippen LogP) is 1.07. The van der Waals surface area contributed by atoms with E-state index < -0.39 is 0 Å². The van der Waals surface area contributed by atoms with Crippen molar-refractivity contribution in [2.24, 2.45) is 11.1 Å². The summed E-state index contributed by atoms with van der Waals surface area (Å²) in [5, 5.41) is 0. The fraction of sp³-hybridized carbons (Fsp3) is 1.00. The summed E-state index contributed by atoms with van der Waals surface area (Å²) >= 11 is 0. The fourth-order valence-electron chi connectivity index (χ4n) is 1.97. The van der Waals surface area contributed by atoms with Crippen LogP contribution in [-0.2, 0) is 0 Å². The number of hydrogen-bond acceptors (Lipinski definition) is 2. The predicted molar refractivity (Wildman–Crippen MR) is 48.5 cm³/mol. The molecule has 0 radical (unpaired) electrons. The number of nitrogens with zero attached hydrogens (tertiary/aromatic N) is 1. The van der Waals surface area contributed by atoms with Gasteiger partial charge in [0.1, 0.15) is 0 Å². The second kappa shape index (κ2) is 3.11.